The molecule has 3 heterocycles. The molecule has 0 saturated heterocycles. The quantitative estimate of drug-likeness (QED) is 0.769. The van der Waals surface area contributed by atoms with Crippen molar-refractivity contribution in [2.45, 2.75) is 11.4 Å². The van der Waals surface area contributed by atoms with Crippen LogP contribution in [0.15, 0.2) is 41.0 Å². The Kier molecular flexibility index (Phi) is 3.94. The minimum absolute atomic E-state index is 0.0389. The van der Waals surface area contributed by atoms with Crippen LogP contribution in [0.3, 0.4) is 0 Å². The molecule has 0 spiro atoms. The molecule has 3 aromatic rings. The number of rotatable bonds is 5. The normalized spacial score (nSPS) is 12.0. The molecule has 1 N–H and O–H groups in total. The van der Waals surface area contributed by atoms with Crippen LogP contribution in [0.25, 0.3) is 5.65 Å². The summed E-state index contributed by atoms with van der Waals surface area (Å²) in [4.78, 5) is 8.14. The maximum Gasteiger partial charge on any atom is 0.259 e. The lowest BCUT2D eigenvalue weighted by Crippen LogP contribution is -2.27. The third-order valence-electron chi connectivity index (χ3n) is 2.82. The van der Waals surface area contributed by atoms with E-state index in [1.165, 1.54) is 15.7 Å². The molecule has 0 fully saturated rings. The molecule has 3 aromatic heterocycles. The number of pyridine rings is 1. The molecule has 6 nitrogen and oxygen atoms in total. The Morgan fingerprint density at radius 1 is 1.38 bits per heavy atom. The number of nitrogens with one attached hydrogen (secondary N) is 1. The lowest BCUT2D eigenvalue weighted by molar-refractivity contribution is 0.576. The molecule has 9 heteroatoms. The zero-order valence-electron chi connectivity index (χ0n) is 10.7. The average molecular weight is 343 g/mol. The lowest BCUT2D eigenvalue weighted by Gasteiger charge is -2.06. The molecule has 0 aliphatic rings. The summed E-state index contributed by atoms with van der Waals surface area (Å²) >= 11 is 7.46. The Balaban J connectivity index is 1.84. The highest BCUT2D eigenvalue weighted by Crippen LogP contribution is 2.22. The lowest BCUT2D eigenvalue weighted by atomic mass is 10.5. The van der Waals surface area contributed by atoms with Gasteiger partial charge in [-0.3, -0.25) is 4.40 Å². The van der Waals surface area contributed by atoms with E-state index in [1.807, 2.05) is 5.38 Å². The van der Waals surface area contributed by atoms with Gasteiger partial charge in [0.15, 0.2) is 10.2 Å². The fourth-order valence-electron chi connectivity index (χ4n) is 1.92. The van der Waals surface area contributed by atoms with Gasteiger partial charge in [0.05, 0.1) is 5.01 Å². The topological polar surface area (TPSA) is 76.4 Å². The predicted octanol–water partition coefficient (Wildman–Crippen LogP) is 1.97. The Morgan fingerprint density at radius 3 is 3.00 bits per heavy atom. The molecule has 0 radical (unpaired) electrons. The van der Waals surface area contributed by atoms with E-state index in [9.17, 15) is 8.42 Å². The van der Waals surface area contributed by atoms with E-state index in [4.69, 9.17) is 11.6 Å². The number of nitrogens with zero attached hydrogens (tertiary/aromatic N) is 3. The summed E-state index contributed by atoms with van der Waals surface area (Å²) in [6.07, 6.45) is 3.84. The van der Waals surface area contributed by atoms with Gasteiger partial charge in [-0.05, 0) is 12.1 Å². The second-order valence-electron chi connectivity index (χ2n) is 4.21. The summed E-state index contributed by atoms with van der Waals surface area (Å²) in [6.45, 7) is 0.256. The van der Waals surface area contributed by atoms with Crippen molar-refractivity contribution in [2.75, 3.05) is 6.54 Å². The first-order valence-electron chi connectivity index (χ1n) is 6.08. The van der Waals surface area contributed by atoms with E-state index in [0.717, 1.165) is 5.01 Å². The van der Waals surface area contributed by atoms with Gasteiger partial charge >= 0.3 is 0 Å². The van der Waals surface area contributed by atoms with Crippen LogP contribution >= 0.6 is 22.9 Å². The van der Waals surface area contributed by atoms with Crippen molar-refractivity contribution in [3.63, 3.8) is 0 Å². The summed E-state index contributed by atoms with van der Waals surface area (Å²) in [5.41, 5.74) is 0.489. The number of hydrogen-bond donors (Lipinski definition) is 1. The Hall–Kier alpha value is -1.48. The van der Waals surface area contributed by atoms with E-state index in [-0.39, 0.29) is 16.7 Å². The standard InChI is InChI=1S/C12H11ClN4O2S2/c13-11-12(17-7-2-1-3-9(17)16-11)21(18,19)15-5-4-10-14-6-8-20-10/h1-3,6-8,15H,4-5H2. The first-order valence-corrected chi connectivity index (χ1v) is 8.82. The third kappa shape index (κ3) is 2.93. The third-order valence-corrected chi connectivity index (χ3v) is 5.51. The van der Waals surface area contributed by atoms with Crippen molar-refractivity contribution in [3.8, 4) is 0 Å². The predicted molar refractivity (Wildman–Crippen MR) is 81.2 cm³/mol. The zero-order chi connectivity index (χ0) is 14.9. The second kappa shape index (κ2) is 5.72. The largest absolute Gasteiger partial charge is 0.288 e. The summed E-state index contributed by atoms with van der Waals surface area (Å²) in [6, 6.07) is 5.19. The smallest absolute Gasteiger partial charge is 0.259 e. The fraction of sp³-hybridized carbons (Fsp3) is 0.167. The monoisotopic (exact) mass is 342 g/mol. The zero-order valence-corrected chi connectivity index (χ0v) is 13.1. The van der Waals surface area contributed by atoms with Crippen LogP contribution in [0.5, 0.6) is 0 Å². The highest BCUT2D eigenvalue weighted by atomic mass is 35.5. The summed E-state index contributed by atoms with van der Waals surface area (Å²) in [5.74, 6) is 0. The average Bonchev–Trinajstić information content (AvgIpc) is 3.04. The Labute approximate surface area is 130 Å². The molecular formula is C12H11ClN4O2S2. The van der Waals surface area contributed by atoms with Gasteiger partial charge in [0.2, 0.25) is 0 Å². The molecule has 0 amide bonds. The van der Waals surface area contributed by atoms with Crippen molar-refractivity contribution in [1.29, 1.82) is 0 Å². The number of sulfonamides is 1. The van der Waals surface area contributed by atoms with Gasteiger partial charge in [0.25, 0.3) is 10.0 Å². The molecule has 0 atom stereocenters. The molecular weight excluding hydrogens is 332 g/mol. The molecule has 0 aromatic carbocycles. The number of thiazole rings is 1. The van der Waals surface area contributed by atoms with Crippen LogP contribution in [0.1, 0.15) is 5.01 Å². The summed E-state index contributed by atoms with van der Waals surface area (Å²) in [5, 5.41) is 2.65. The van der Waals surface area contributed by atoms with Crippen molar-refractivity contribution < 1.29 is 8.42 Å². The van der Waals surface area contributed by atoms with Gasteiger partial charge in [0.1, 0.15) is 5.65 Å². The van der Waals surface area contributed by atoms with Gasteiger partial charge in [0, 0.05) is 30.7 Å². The number of hydrogen-bond acceptors (Lipinski definition) is 5. The molecule has 0 saturated carbocycles. The highest BCUT2D eigenvalue weighted by Gasteiger charge is 2.23. The first-order chi connectivity index (χ1) is 10.1. The van der Waals surface area contributed by atoms with Crippen LogP contribution in [0, 0.1) is 0 Å². The van der Waals surface area contributed by atoms with Crippen molar-refractivity contribution in [3.05, 3.63) is 46.1 Å². The Bertz CT molecular complexity index is 859. The van der Waals surface area contributed by atoms with Gasteiger partial charge in [-0.25, -0.2) is 23.1 Å². The van der Waals surface area contributed by atoms with Crippen LogP contribution in [0.4, 0.5) is 0 Å². The van der Waals surface area contributed by atoms with Crippen molar-refractivity contribution in [2.24, 2.45) is 0 Å². The van der Waals surface area contributed by atoms with Crippen LogP contribution in [0.2, 0.25) is 5.15 Å². The minimum Gasteiger partial charge on any atom is -0.288 e. The van der Waals surface area contributed by atoms with Gasteiger partial charge < -0.3 is 0 Å². The van der Waals surface area contributed by atoms with Crippen molar-refractivity contribution >= 4 is 38.6 Å². The molecule has 0 unspecified atom stereocenters. The summed E-state index contributed by atoms with van der Waals surface area (Å²) in [7, 11) is -3.73. The van der Waals surface area contributed by atoms with E-state index in [2.05, 4.69) is 14.7 Å². The maximum atomic E-state index is 12.4. The Morgan fingerprint density at radius 2 is 2.24 bits per heavy atom. The highest BCUT2D eigenvalue weighted by molar-refractivity contribution is 7.89. The van der Waals surface area contributed by atoms with E-state index < -0.39 is 10.0 Å². The molecule has 3 rings (SSSR count). The SMILES string of the molecule is O=S(=O)(NCCc1nccs1)c1c(Cl)nc2ccccn12. The maximum absolute atomic E-state index is 12.4. The molecule has 0 bridgehead atoms. The first kappa shape index (κ1) is 14.5. The number of halogens is 1. The minimum atomic E-state index is -3.73. The molecule has 110 valence electrons. The number of imidazole rings is 1. The summed E-state index contributed by atoms with van der Waals surface area (Å²) < 4.78 is 28.7. The van der Waals surface area contributed by atoms with Crippen molar-refractivity contribution in [1.82, 2.24) is 19.1 Å². The fourth-order valence-corrected chi connectivity index (χ4v) is 4.21. The van der Waals surface area contributed by atoms with Crippen LogP contribution in [-0.4, -0.2) is 29.3 Å². The van der Waals surface area contributed by atoms with Crippen LogP contribution < -0.4 is 4.72 Å². The second-order valence-corrected chi connectivity index (χ2v) is 7.23. The van der Waals surface area contributed by atoms with Gasteiger partial charge in [-0.15, -0.1) is 11.3 Å². The molecule has 0 aliphatic heterocycles. The van der Waals surface area contributed by atoms with E-state index in [1.54, 1.807) is 30.6 Å². The molecule has 21 heavy (non-hydrogen) atoms. The van der Waals surface area contributed by atoms with E-state index >= 15 is 0 Å². The number of aromatic nitrogens is 3. The van der Waals surface area contributed by atoms with Gasteiger partial charge in [-0.1, -0.05) is 17.7 Å². The number of fused-ring (bicyclic) bond motifs is 1. The van der Waals surface area contributed by atoms with Crippen LogP contribution in [-0.2, 0) is 16.4 Å². The molecule has 0 aliphatic carbocycles. The van der Waals surface area contributed by atoms with E-state index in [0.29, 0.717) is 12.1 Å². The van der Waals surface area contributed by atoms with Gasteiger partial charge in [-0.2, -0.15) is 0 Å².